The number of carbonyl (C=O) groups excluding carboxylic acids is 2. The Kier molecular flexibility index (Phi) is 8.92. The van der Waals surface area contributed by atoms with E-state index in [4.69, 9.17) is 18.9 Å². The van der Waals surface area contributed by atoms with Gasteiger partial charge in [-0.25, -0.2) is 0 Å². The first-order valence-corrected chi connectivity index (χ1v) is 11.4. The fourth-order valence-electron chi connectivity index (χ4n) is 4.55. The fourth-order valence-corrected chi connectivity index (χ4v) is 4.55. The summed E-state index contributed by atoms with van der Waals surface area (Å²) in [5.74, 6) is -0.176. The van der Waals surface area contributed by atoms with E-state index in [0.29, 0.717) is 13.2 Å². The number of ether oxygens (including phenoxy) is 4. The Morgan fingerprint density at radius 3 is 2.63 bits per heavy atom. The molecule has 0 aromatic heterocycles. The molecule has 0 spiro atoms. The molecule has 2 aliphatic rings. The van der Waals surface area contributed by atoms with Crippen LogP contribution in [-0.2, 0) is 28.5 Å². The lowest BCUT2D eigenvalue weighted by atomic mass is 9.87. The Morgan fingerprint density at radius 1 is 1.27 bits per heavy atom. The molecule has 0 aromatic carbocycles. The van der Waals surface area contributed by atoms with Crippen molar-refractivity contribution in [1.82, 2.24) is 0 Å². The predicted molar refractivity (Wildman–Crippen MR) is 115 cm³/mol. The lowest BCUT2D eigenvalue weighted by molar-refractivity contribution is -0.243. The molecule has 5 unspecified atom stereocenters. The van der Waals surface area contributed by atoms with E-state index >= 15 is 0 Å². The summed E-state index contributed by atoms with van der Waals surface area (Å²) in [6.07, 6.45) is 7.59. The van der Waals surface area contributed by atoms with Gasteiger partial charge in [-0.1, -0.05) is 25.0 Å². The summed E-state index contributed by atoms with van der Waals surface area (Å²) in [7, 11) is 0. The van der Waals surface area contributed by atoms with E-state index in [1.54, 1.807) is 0 Å². The molecule has 2 bridgehead atoms. The second-order valence-electron chi connectivity index (χ2n) is 9.45. The Morgan fingerprint density at radius 2 is 2.00 bits per heavy atom. The van der Waals surface area contributed by atoms with E-state index in [2.05, 4.69) is 33.8 Å². The van der Waals surface area contributed by atoms with Gasteiger partial charge in [0.25, 0.3) is 0 Å². The van der Waals surface area contributed by atoms with Crippen LogP contribution >= 0.6 is 0 Å². The fraction of sp³-hybridized carbons (Fsp3) is 0.833. The van der Waals surface area contributed by atoms with Crippen molar-refractivity contribution in [1.29, 1.82) is 0 Å². The maximum atomic E-state index is 11.9. The van der Waals surface area contributed by atoms with Gasteiger partial charge in [0, 0.05) is 13.3 Å². The van der Waals surface area contributed by atoms with Crippen molar-refractivity contribution in [2.24, 2.45) is 5.92 Å². The number of hydrogen-bond acceptors (Lipinski definition) is 6. The van der Waals surface area contributed by atoms with E-state index in [9.17, 15) is 9.59 Å². The van der Waals surface area contributed by atoms with Gasteiger partial charge in [-0.05, 0) is 59.3 Å². The highest BCUT2D eigenvalue weighted by atomic mass is 16.6. The largest absolute Gasteiger partial charge is 0.466 e. The average Bonchev–Trinajstić information content (AvgIpc) is 3.02. The molecule has 5 atom stereocenters. The average molecular weight is 425 g/mol. The maximum Gasteiger partial charge on any atom is 0.308 e. The number of hydrogen-bond donors (Lipinski definition) is 0. The van der Waals surface area contributed by atoms with E-state index in [1.807, 2.05) is 6.92 Å². The summed E-state index contributed by atoms with van der Waals surface area (Å²) in [6, 6.07) is 0. The van der Waals surface area contributed by atoms with Crippen LogP contribution in [0.4, 0.5) is 0 Å². The lowest BCUT2D eigenvalue weighted by Gasteiger charge is -2.44. The summed E-state index contributed by atoms with van der Waals surface area (Å²) in [4.78, 5) is 23.4. The Hall–Kier alpha value is -1.40. The minimum Gasteiger partial charge on any atom is -0.466 e. The Balaban J connectivity index is 1.86. The zero-order chi connectivity index (χ0) is 22.4. The highest BCUT2D eigenvalue weighted by Gasteiger charge is 2.54. The summed E-state index contributed by atoms with van der Waals surface area (Å²) >= 11 is 0. The summed E-state index contributed by atoms with van der Waals surface area (Å²) in [5.41, 5.74) is 0.367. The van der Waals surface area contributed by atoms with Crippen LogP contribution in [0.15, 0.2) is 11.6 Å². The van der Waals surface area contributed by atoms with Crippen LogP contribution in [0.3, 0.4) is 0 Å². The van der Waals surface area contributed by atoms with Crippen molar-refractivity contribution in [3.05, 3.63) is 11.6 Å². The van der Waals surface area contributed by atoms with Gasteiger partial charge in [0.15, 0.2) is 0 Å². The molecule has 0 radical (unpaired) electrons. The predicted octanol–water partition coefficient (Wildman–Crippen LogP) is 4.74. The maximum absolute atomic E-state index is 11.9. The molecule has 2 heterocycles. The molecule has 30 heavy (non-hydrogen) atoms. The van der Waals surface area contributed by atoms with E-state index in [0.717, 1.165) is 38.5 Å². The van der Waals surface area contributed by atoms with Crippen LogP contribution < -0.4 is 0 Å². The van der Waals surface area contributed by atoms with Crippen LogP contribution in [0.1, 0.15) is 86.5 Å². The minimum absolute atomic E-state index is 0.00548. The third kappa shape index (κ3) is 6.81. The first-order chi connectivity index (χ1) is 14.1. The zero-order valence-corrected chi connectivity index (χ0v) is 19.6. The van der Waals surface area contributed by atoms with Crippen LogP contribution in [0.25, 0.3) is 0 Å². The molecular weight excluding hydrogens is 384 g/mol. The highest BCUT2D eigenvalue weighted by Crippen LogP contribution is 2.46. The molecule has 172 valence electrons. The molecule has 0 saturated carbocycles. The van der Waals surface area contributed by atoms with Crippen molar-refractivity contribution in [3.8, 4) is 0 Å². The molecule has 0 N–H and O–H groups in total. The molecule has 2 fully saturated rings. The summed E-state index contributed by atoms with van der Waals surface area (Å²) in [6.45, 7) is 12.5. The summed E-state index contributed by atoms with van der Waals surface area (Å²) in [5, 5.41) is 0. The highest BCUT2D eigenvalue weighted by molar-refractivity contribution is 5.70. The third-order valence-electron chi connectivity index (χ3n) is 6.42. The number of carbonyl (C=O) groups is 2. The smallest absolute Gasteiger partial charge is 0.308 e. The van der Waals surface area contributed by atoms with Crippen molar-refractivity contribution < 1.29 is 28.5 Å². The molecule has 2 saturated heterocycles. The van der Waals surface area contributed by atoms with Crippen LogP contribution in [0.5, 0.6) is 0 Å². The third-order valence-corrected chi connectivity index (χ3v) is 6.42. The van der Waals surface area contributed by atoms with Crippen LogP contribution in [0.2, 0.25) is 0 Å². The summed E-state index contributed by atoms with van der Waals surface area (Å²) < 4.78 is 23.3. The number of fused-ring (bicyclic) bond motifs is 2. The number of rotatable bonds is 11. The van der Waals surface area contributed by atoms with E-state index in [1.165, 1.54) is 12.5 Å². The van der Waals surface area contributed by atoms with E-state index in [-0.39, 0.29) is 42.1 Å². The SMILES string of the molecule is CCOC(=O)CC12CCC(O1)C(C)(CCCC(C)C(CC=C(C)C)OC(C)=O)OC2. The van der Waals surface area contributed by atoms with Crippen molar-refractivity contribution >= 4 is 11.9 Å². The topological polar surface area (TPSA) is 71.1 Å². The standard InChI is InChI=1S/C24H40O6/c1-7-27-22(26)15-24-14-12-21(30-24)23(6,28-16-24)13-8-9-18(4)20(29-19(5)25)11-10-17(2)3/h10,18,20-21H,7-9,11-16H2,1-6H3. The van der Waals surface area contributed by atoms with Crippen molar-refractivity contribution in [2.45, 2.75) is 110 Å². The van der Waals surface area contributed by atoms with Crippen LogP contribution in [0, 0.1) is 5.92 Å². The van der Waals surface area contributed by atoms with E-state index < -0.39 is 5.60 Å². The number of esters is 2. The lowest BCUT2D eigenvalue weighted by Crippen LogP contribution is -2.53. The Bertz CT molecular complexity index is 625. The van der Waals surface area contributed by atoms with Crippen LogP contribution in [-0.4, -0.2) is 48.6 Å². The van der Waals surface area contributed by atoms with Gasteiger partial charge >= 0.3 is 11.9 Å². The van der Waals surface area contributed by atoms with Gasteiger partial charge in [-0.2, -0.15) is 0 Å². The van der Waals surface area contributed by atoms with Gasteiger partial charge in [-0.3, -0.25) is 9.59 Å². The van der Waals surface area contributed by atoms with Gasteiger partial charge in [0.05, 0.1) is 31.3 Å². The van der Waals surface area contributed by atoms with Gasteiger partial charge in [0.2, 0.25) is 0 Å². The normalized spacial score (nSPS) is 29.7. The second-order valence-corrected chi connectivity index (χ2v) is 9.45. The van der Waals surface area contributed by atoms with Gasteiger partial charge < -0.3 is 18.9 Å². The van der Waals surface area contributed by atoms with Gasteiger partial charge in [0.1, 0.15) is 11.7 Å². The quantitative estimate of drug-likeness (QED) is 0.352. The zero-order valence-electron chi connectivity index (χ0n) is 19.6. The molecule has 2 aliphatic heterocycles. The molecule has 6 heteroatoms. The molecule has 0 amide bonds. The van der Waals surface area contributed by atoms with Crippen molar-refractivity contribution in [2.75, 3.05) is 13.2 Å². The number of allylic oxidation sites excluding steroid dienone is 1. The van der Waals surface area contributed by atoms with Crippen molar-refractivity contribution in [3.63, 3.8) is 0 Å². The first-order valence-electron chi connectivity index (χ1n) is 11.4. The second kappa shape index (κ2) is 10.8. The molecule has 0 aromatic rings. The molecule has 2 rings (SSSR count). The monoisotopic (exact) mass is 424 g/mol. The Labute approximate surface area is 181 Å². The van der Waals surface area contributed by atoms with Gasteiger partial charge in [-0.15, -0.1) is 0 Å². The molecule has 0 aliphatic carbocycles. The molecular formula is C24H40O6. The minimum atomic E-state index is -0.519. The first kappa shape index (κ1) is 24.9. The molecule has 6 nitrogen and oxygen atoms in total.